The van der Waals surface area contributed by atoms with Gasteiger partial charge in [-0.25, -0.2) is 4.79 Å². The number of piperidine rings is 1. The molecule has 0 bridgehead atoms. The summed E-state index contributed by atoms with van der Waals surface area (Å²) in [6.07, 6.45) is 5.07. The molecule has 2 atom stereocenters. The van der Waals surface area contributed by atoms with Gasteiger partial charge in [0.25, 0.3) is 0 Å². The van der Waals surface area contributed by atoms with Crippen molar-refractivity contribution in [1.82, 2.24) is 15.1 Å². The summed E-state index contributed by atoms with van der Waals surface area (Å²) in [5, 5.41) is 12.1. The SMILES string of the molecule is O=C(O)C1CCCN(C(=O)NC2CCN(C3CC3)C2)C1. The van der Waals surface area contributed by atoms with Crippen molar-refractivity contribution in [1.29, 1.82) is 0 Å². The van der Waals surface area contributed by atoms with Gasteiger partial charge >= 0.3 is 12.0 Å². The Bertz CT molecular complexity index is 397. The summed E-state index contributed by atoms with van der Waals surface area (Å²) in [7, 11) is 0. The average Bonchev–Trinajstić information content (AvgIpc) is 3.20. The van der Waals surface area contributed by atoms with E-state index in [1.165, 1.54) is 12.8 Å². The Hall–Kier alpha value is -1.30. The molecule has 112 valence electrons. The molecule has 2 amide bonds. The molecule has 2 saturated heterocycles. The molecule has 1 aliphatic carbocycles. The predicted molar refractivity (Wildman–Crippen MR) is 73.5 cm³/mol. The Morgan fingerprint density at radius 2 is 1.85 bits per heavy atom. The van der Waals surface area contributed by atoms with E-state index in [-0.39, 0.29) is 12.1 Å². The summed E-state index contributed by atoms with van der Waals surface area (Å²) in [4.78, 5) is 27.4. The second kappa shape index (κ2) is 5.60. The number of likely N-dealkylation sites (tertiary alicyclic amines) is 2. The highest BCUT2D eigenvalue weighted by Crippen LogP contribution is 2.29. The van der Waals surface area contributed by atoms with E-state index < -0.39 is 11.9 Å². The zero-order valence-electron chi connectivity index (χ0n) is 11.8. The van der Waals surface area contributed by atoms with Crippen molar-refractivity contribution >= 4 is 12.0 Å². The normalized spacial score (nSPS) is 31.3. The summed E-state index contributed by atoms with van der Waals surface area (Å²) >= 11 is 0. The Morgan fingerprint density at radius 3 is 2.55 bits per heavy atom. The lowest BCUT2D eigenvalue weighted by atomic mass is 9.99. The van der Waals surface area contributed by atoms with Crippen LogP contribution in [-0.2, 0) is 4.79 Å². The molecule has 2 aliphatic heterocycles. The average molecular weight is 281 g/mol. The van der Waals surface area contributed by atoms with Gasteiger partial charge in [-0.3, -0.25) is 9.69 Å². The molecule has 0 aromatic carbocycles. The van der Waals surface area contributed by atoms with Crippen molar-refractivity contribution in [2.45, 2.75) is 44.2 Å². The van der Waals surface area contributed by atoms with Crippen LogP contribution in [0.4, 0.5) is 4.79 Å². The third-order valence-electron chi connectivity index (χ3n) is 4.67. The van der Waals surface area contributed by atoms with Gasteiger partial charge in [-0.15, -0.1) is 0 Å². The molecule has 20 heavy (non-hydrogen) atoms. The zero-order chi connectivity index (χ0) is 14.1. The molecule has 0 radical (unpaired) electrons. The molecule has 3 rings (SSSR count). The monoisotopic (exact) mass is 281 g/mol. The van der Waals surface area contributed by atoms with Crippen LogP contribution in [0.25, 0.3) is 0 Å². The highest BCUT2D eigenvalue weighted by molar-refractivity contribution is 5.76. The van der Waals surface area contributed by atoms with Gasteiger partial charge in [0.05, 0.1) is 5.92 Å². The first-order valence-electron chi connectivity index (χ1n) is 7.66. The molecular weight excluding hydrogens is 258 g/mol. The number of hydrogen-bond donors (Lipinski definition) is 2. The third kappa shape index (κ3) is 3.06. The first kappa shape index (κ1) is 13.7. The first-order valence-corrected chi connectivity index (χ1v) is 7.66. The number of nitrogens with zero attached hydrogens (tertiary/aromatic N) is 2. The van der Waals surface area contributed by atoms with Crippen LogP contribution >= 0.6 is 0 Å². The van der Waals surface area contributed by atoms with Crippen LogP contribution in [-0.4, -0.2) is 65.2 Å². The standard InChI is InChI=1S/C14H23N3O3/c18-13(19)10-2-1-6-17(8-10)14(20)15-11-5-7-16(9-11)12-3-4-12/h10-12H,1-9H2,(H,15,20)(H,18,19). The molecule has 1 saturated carbocycles. The predicted octanol–water partition coefficient (Wildman–Crippen LogP) is 0.729. The first-order chi connectivity index (χ1) is 9.63. The highest BCUT2D eigenvalue weighted by atomic mass is 16.4. The Morgan fingerprint density at radius 1 is 1.05 bits per heavy atom. The van der Waals surface area contributed by atoms with E-state index in [1.54, 1.807) is 4.90 Å². The summed E-state index contributed by atoms with van der Waals surface area (Å²) in [5.41, 5.74) is 0. The quantitative estimate of drug-likeness (QED) is 0.800. The van der Waals surface area contributed by atoms with E-state index >= 15 is 0 Å². The van der Waals surface area contributed by atoms with E-state index in [0.29, 0.717) is 19.5 Å². The summed E-state index contributed by atoms with van der Waals surface area (Å²) in [5.74, 6) is -1.19. The number of carboxylic acid groups (broad SMARTS) is 1. The van der Waals surface area contributed by atoms with Crippen molar-refractivity contribution in [2.24, 2.45) is 5.92 Å². The van der Waals surface area contributed by atoms with Crippen molar-refractivity contribution in [3.8, 4) is 0 Å². The van der Waals surface area contributed by atoms with E-state index in [4.69, 9.17) is 5.11 Å². The fourth-order valence-electron chi connectivity index (χ4n) is 3.31. The van der Waals surface area contributed by atoms with E-state index in [2.05, 4.69) is 10.2 Å². The number of amides is 2. The number of carbonyl (C=O) groups excluding carboxylic acids is 1. The number of aliphatic carboxylic acids is 1. The Balaban J connectivity index is 1.47. The fourth-order valence-corrected chi connectivity index (χ4v) is 3.31. The molecule has 6 heteroatoms. The van der Waals surface area contributed by atoms with Crippen LogP contribution in [0.3, 0.4) is 0 Å². The van der Waals surface area contributed by atoms with Gasteiger partial charge in [-0.2, -0.15) is 0 Å². The minimum absolute atomic E-state index is 0.0846. The lowest BCUT2D eigenvalue weighted by Gasteiger charge is -2.31. The number of carbonyl (C=O) groups is 2. The van der Waals surface area contributed by atoms with E-state index in [9.17, 15) is 9.59 Å². The second-order valence-electron chi connectivity index (χ2n) is 6.28. The highest BCUT2D eigenvalue weighted by Gasteiger charge is 2.36. The van der Waals surface area contributed by atoms with Crippen LogP contribution in [0.15, 0.2) is 0 Å². The van der Waals surface area contributed by atoms with Crippen LogP contribution in [0.5, 0.6) is 0 Å². The van der Waals surface area contributed by atoms with Gasteiger partial charge < -0.3 is 15.3 Å². The molecule has 0 aromatic heterocycles. The lowest BCUT2D eigenvalue weighted by molar-refractivity contribution is -0.143. The van der Waals surface area contributed by atoms with Crippen molar-refractivity contribution in [3.63, 3.8) is 0 Å². The van der Waals surface area contributed by atoms with Crippen LogP contribution < -0.4 is 5.32 Å². The maximum absolute atomic E-state index is 12.2. The Kier molecular flexibility index (Phi) is 3.83. The molecule has 6 nitrogen and oxygen atoms in total. The van der Waals surface area contributed by atoms with Gasteiger partial charge in [0.15, 0.2) is 0 Å². The van der Waals surface area contributed by atoms with Gasteiger partial charge in [-0.1, -0.05) is 0 Å². The number of hydrogen-bond acceptors (Lipinski definition) is 3. The van der Waals surface area contributed by atoms with E-state index in [1.807, 2.05) is 0 Å². The summed E-state index contributed by atoms with van der Waals surface area (Å²) in [6.45, 7) is 3.05. The van der Waals surface area contributed by atoms with Gasteiger partial charge in [0.1, 0.15) is 0 Å². The molecule has 3 fully saturated rings. The third-order valence-corrected chi connectivity index (χ3v) is 4.67. The largest absolute Gasteiger partial charge is 0.481 e. The number of nitrogens with one attached hydrogen (secondary N) is 1. The second-order valence-corrected chi connectivity index (χ2v) is 6.28. The molecule has 0 aromatic rings. The molecule has 2 N–H and O–H groups in total. The zero-order valence-corrected chi connectivity index (χ0v) is 11.8. The maximum Gasteiger partial charge on any atom is 0.317 e. The van der Waals surface area contributed by atoms with Crippen LogP contribution in [0.2, 0.25) is 0 Å². The maximum atomic E-state index is 12.2. The van der Waals surface area contributed by atoms with Crippen molar-refractivity contribution < 1.29 is 14.7 Å². The van der Waals surface area contributed by atoms with E-state index in [0.717, 1.165) is 32.0 Å². The van der Waals surface area contributed by atoms with Crippen molar-refractivity contribution in [3.05, 3.63) is 0 Å². The lowest BCUT2D eigenvalue weighted by Crippen LogP contribution is -2.50. The minimum Gasteiger partial charge on any atom is -0.481 e. The number of rotatable bonds is 3. The molecule has 0 spiro atoms. The van der Waals surface area contributed by atoms with Crippen LogP contribution in [0, 0.1) is 5.92 Å². The smallest absolute Gasteiger partial charge is 0.317 e. The topological polar surface area (TPSA) is 72.9 Å². The molecular formula is C14H23N3O3. The van der Waals surface area contributed by atoms with Gasteiger partial charge in [0.2, 0.25) is 0 Å². The number of urea groups is 1. The molecule has 2 unspecified atom stereocenters. The summed E-state index contributed by atoms with van der Waals surface area (Å²) < 4.78 is 0. The number of carboxylic acids is 1. The fraction of sp³-hybridized carbons (Fsp3) is 0.857. The Labute approximate surface area is 119 Å². The molecule has 3 aliphatic rings. The molecule has 2 heterocycles. The van der Waals surface area contributed by atoms with Gasteiger partial charge in [-0.05, 0) is 32.1 Å². The van der Waals surface area contributed by atoms with Crippen molar-refractivity contribution in [2.75, 3.05) is 26.2 Å². The van der Waals surface area contributed by atoms with Crippen LogP contribution in [0.1, 0.15) is 32.1 Å². The van der Waals surface area contributed by atoms with Gasteiger partial charge in [0, 0.05) is 38.3 Å². The summed E-state index contributed by atoms with van der Waals surface area (Å²) in [6, 6.07) is 0.898. The minimum atomic E-state index is -0.789.